The smallest absolute Gasteiger partial charge is 0.350 e. The van der Waals surface area contributed by atoms with E-state index in [1.54, 1.807) is 14.0 Å². The van der Waals surface area contributed by atoms with Gasteiger partial charge in [-0.2, -0.15) is 0 Å². The highest BCUT2D eigenvalue weighted by Gasteiger charge is 2.20. The van der Waals surface area contributed by atoms with Crippen molar-refractivity contribution < 1.29 is 9.53 Å². The van der Waals surface area contributed by atoms with Crippen LogP contribution in [0, 0.1) is 6.92 Å². The molecule has 9 heteroatoms. The summed E-state index contributed by atoms with van der Waals surface area (Å²) in [7, 11) is 1.75. The molecule has 0 aliphatic rings. The fourth-order valence-electron chi connectivity index (χ4n) is 3.27. The quantitative estimate of drug-likeness (QED) is 0.124. The first-order valence-corrected chi connectivity index (χ1v) is 11.0. The number of fused-ring (bicyclic) bond motifs is 1. The number of ether oxygens (including phenoxy) is 1. The Kier molecular flexibility index (Phi) is 9.76. The van der Waals surface area contributed by atoms with Gasteiger partial charge in [0.05, 0.1) is 18.3 Å². The van der Waals surface area contributed by atoms with E-state index in [9.17, 15) is 4.79 Å². The van der Waals surface area contributed by atoms with E-state index in [1.807, 2.05) is 19.9 Å². The molecule has 0 aliphatic carbocycles. The van der Waals surface area contributed by atoms with Crippen molar-refractivity contribution in [2.75, 3.05) is 20.2 Å². The Morgan fingerprint density at radius 1 is 1.35 bits per heavy atom. The number of carbonyl (C=O) groups is 1. The van der Waals surface area contributed by atoms with Gasteiger partial charge in [-0.25, -0.2) is 9.78 Å². The first-order valence-electron chi connectivity index (χ1n) is 10.2. The normalized spacial score (nSPS) is 12.3. The van der Waals surface area contributed by atoms with Gasteiger partial charge >= 0.3 is 5.97 Å². The molecular formula is C22H30IN5O2S. The molecule has 0 spiro atoms. The molecule has 0 fully saturated rings. The minimum atomic E-state index is -0.314. The van der Waals surface area contributed by atoms with Crippen LogP contribution in [0.2, 0.25) is 0 Å². The number of halogens is 1. The van der Waals surface area contributed by atoms with E-state index in [2.05, 4.69) is 50.0 Å². The summed E-state index contributed by atoms with van der Waals surface area (Å²) in [4.78, 5) is 24.7. The molecule has 168 valence electrons. The molecule has 1 unspecified atom stereocenters. The van der Waals surface area contributed by atoms with Crippen molar-refractivity contribution in [2.24, 2.45) is 4.99 Å². The van der Waals surface area contributed by atoms with E-state index >= 15 is 0 Å². The molecule has 2 aromatic heterocycles. The summed E-state index contributed by atoms with van der Waals surface area (Å²) in [6.07, 6.45) is 4.06. The SMILES string of the molecule is CCOC(=O)c1sc(C(C)NC(=NC)NCCCc2c[nH]c3ccccc23)nc1C.I. The number of carbonyl (C=O) groups excluding carboxylic acids is 1. The van der Waals surface area contributed by atoms with E-state index in [4.69, 9.17) is 4.74 Å². The van der Waals surface area contributed by atoms with Gasteiger partial charge in [0, 0.05) is 30.7 Å². The van der Waals surface area contributed by atoms with Crippen LogP contribution in [-0.2, 0) is 11.2 Å². The standard InChI is InChI=1S/C22H29N5O2S.HI/c1-5-29-21(28)19-14(2)26-20(30-19)15(3)27-22(23-4)24-12-8-9-16-13-25-18-11-7-6-10-17(16)18;/h6-7,10-11,13,15,25H,5,8-9,12H2,1-4H3,(H2,23,24,27);1H. The molecule has 3 N–H and O–H groups in total. The molecule has 0 radical (unpaired) electrons. The Morgan fingerprint density at radius 3 is 2.87 bits per heavy atom. The zero-order valence-electron chi connectivity index (χ0n) is 18.3. The van der Waals surface area contributed by atoms with E-state index in [0.29, 0.717) is 23.1 Å². The van der Waals surface area contributed by atoms with Crippen molar-refractivity contribution in [1.29, 1.82) is 0 Å². The second-order valence-corrected chi connectivity index (χ2v) is 8.05. The molecule has 1 atom stereocenters. The van der Waals surface area contributed by atoms with E-state index in [-0.39, 0.29) is 36.0 Å². The lowest BCUT2D eigenvalue weighted by Crippen LogP contribution is -2.39. The van der Waals surface area contributed by atoms with Crippen LogP contribution >= 0.6 is 35.3 Å². The van der Waals surface area contributed by atoms with Crippen LogP contribution in [0.3, 0.4) is 0 Å². The van der Waals surface area contributed by atoms with Crippen molar-refractivity contribution in [3.63, 3.8) is 0 Å². The number of benzene rings is 1. The van der Waals surface area contributed by atoms with Crippen molar-refractivity contribution in [1.82, 2.24) is 20.6 Å². The number of aromatic nitrogens is 2. The maximum atomic E-state index is 12.0. The number of guanidine groups is 1. The minimum Gasteiger partial charge on any atom is -0.462 e. The van der Waals surface area contributed by atoms with Gasteiger partial charge in [0.25, 0.3) is 0 Å². The third-order valence-electron chi connectivity index (χ3n) is 4.81. The Bertz CT molecular complexity index is 1030. The number of hydrogen-bond acceptors (Lipinski definition) is 5. The Morgan fingerprint density at radius 2 is 2.13 bits per heavy atom. The van der Waals surface area contributed by atoms with Gasteiger partial charge in [-0.05, 0) is 45.2 Å². The van der Waals surface area contributed by atoms with Crippen molar-refractivity contribution in [3.8, 4) is 0 Å². The molecule has 0 aliphatic heterocycles. The first-order chi connectivity index (χ1) is 14.5. The van der Waals surface area contributed by atoms with Gasteiger partial charge in [0.2, 0.25) is 0 Å². The number of nitrogens with one attached hydrogen (secondary N) is 3. The fourth-order valence-corrected chi connectivity index (χ4v) is 4.24. The van der Waals surface area contributed by atoms with Gasteiger partial charge in [-0.3, -0.25) is 4.99 Å². The lowest BCUT2D eigenvalue weighted by atomic mass is 10.1. The average Bonchev–Trinajstić information content (AvgIpc) is 3.34. The lowest BCUT2D eigenvalue weighted by Gasteiger charge is -2.16. The third kappa shape index (κ3) is 6.42. The predicted molar refractivity (Wildman–Crippen MR) is 138 cm³/mol. The molecule has 7 nitrogen and oxygen atoms in total. The second kappa shape index (κ2) is 12.0. The number of esters is 1. The number of aliphatic imine (C=N–C) groups is 1. The molecule has 1 aromatic carbocycles. The molecule has 2 heterocycles. The Hall–Kier alpha value is -2.14. The largest absolute Gasteiger partial charge is 0.462 e. The van der Waals surface area contributed by atoms with E-state index in [1.165, 1.54) is 27.8 Å². The molecule has 0 bridgehead atoms. The monoisotopic (exact) mass is 555 g/mol. The van der Waals surface area contributed by atoms with Crippen molar-refractivity contribution in [2.45, 2.75) is 39.7 Å². The highest BCUT2D eigenvalue weighted by molar-refractivity contribution is 14.0. The Balaban J connectivity index is 0.00000341. The van der Waals surface area contributed by atoms with Crippen molar-refractivity contribution in [3.05, 3.63) is 51.6 Å². The van der Waals surface area contributed by atoms with Crippen molar-refractivity contribution >= 4 is 58.1 Å². The van der Waals surface area contributed by atoms with Gasteiger partial charge in [-0.15, -0.1) is 35.3 Å². The number of thiazole rings is 1. The average molecular weight is 555 g/mol. The van der Waals surface area contributed by atoms with Crippen LogP contribution in [0.5, 0.6) is 0 Å². The summed E-state index contributed by atoms with van der Waals surface area (Å²) >= 11 is 1.36. The van der Waals surface area contributed by atoms with Crippen LogP contribution in [0.15, 0.2) is 35.5 Å². The molecular weight excluding hydrogens is 525 g/mol. The third-order valence-corrected chi connectivity index (χ3v) is 6.13. The number of hydrogen-bond donors (Lipinski definition) is 3. The molecule has 3 rings (SSSR count). The number of aromatic amines is 1. The lowest BCUT2D eigenvalue weighted by molar-refractivity contribution is 0.0531. The summed E-state index contributed by atoms with van der Waals surface area (Å²) in [6, 6.07) is 8.28. The number of rotatable bonds is 8. The molecule has 0 amide bonds. The summed E-state index contributed by atoms with van der Waals surface area (Å²) in [5.41, 5.74) is 3.20. The van der Waals surface area contributed by atoms with Crippen LogP contribution in [0.4, 0.5) is 0 Å². The fraction of sp³-hybridized carbons (Fsp3) is 0.409. The number of aryl methyl sites for hydroxylation is 2. The van der Waals surface area contributed by atoms with Gasteiger partial charge in [0.15, 0.2) is 5.96 Å². The van der Waals surface area contributed by atoms with Crippen LogP contribution in [-0.4, -0.2) is 42.1 Å². The van der Waals surface area contributed by atoms with Crippen LogP contribution < -0.4 is 10.6 Å². The molecule has 3 aromatic rings. The van der Waals surface area contributed by atoms with Crippen LogP contribution in [0.1, 0.15) is 52.2 Å². The zero-order chi connectivity index (χ0) is 21.5. The highest BCUT2D eigenvalue weighted by atomic mass is 127. The maximum absolute atomic E-state index is 12.0. The summed E-state index contributed by atoms with van der Waals surface area (Å²) in [5.74, 6) is 0.401. The molecule has 31 heavy (non-hydrogen) atoms. The Labute approximate surface area is 204 Å². The minimum absolute atomic E-state index is 0. The number of nitrogens with zero attached hydrogens (tertiary/aromatic N) is 2. The summed E-state index contributed by atoms with van der Waals surface area (Å²) < 4.78 is 5.10. The van der Waals surface area contributed by atoms with Gasteiger partial charge in [-0.1, -0.05) is 18.2 Å². The van der Waals surface area contributed by atoms with E-state index in [0.717, 1.165) is 24.4 Å². The first kappa shape index (κ1) is 25.1. The number of H-pyrrole nitrogens is 1. The highest BCUT2D eigenvalue weighted by Crippen LogP contribution is 2.24. The maximum Gasteiger partial charge on any atom is 0.350 e. The zero-order valence-corrected chi connectivity index (χ0v) is 21.5. The summed E-state index contributed by atoms with van der Waals surface area (Å²) in [5, 5.41) is 8.82. The van der Waals surface area contributed by atoms with Gasteiger partial charge < -0.3 is 20.4 Å². The summed E-state index contributed by atoms with van der Waals surface area (Å²) in [6.45, 7) is 6.79. The molecule has 0 saturated heterocycles. The topological polar surface area (TPSA) is 91.4 Å². The molecule has 0 saturated carbocycles. The second-order valence-electron chi connectivity index (χ2n) is 7.02. The van der Waals surface area contributed by atoms with E-state index < -0.39 is 0 Å². The number of para-hydroxylation sites is 1. The predicted octanol–water partition coefficient (Wildman–Crippen LogP) is 4.59. The van der Waals surface area contributed by atoms with Crippen LogP contribution in [0.25, 0.3) is 10.9 Å². The van der Waals surface area contributed by atoms with Gasteiger partial charge in [0.1, 0.15) is 9.88 Å².